The number of aromatic nitrogens is 1. The number of piperidine rings is 1. The molecule has 0 amide bonds. The molecule has 1 fully saturated rings. The summed E-state index contributed by atoms with van der Waals surface area (Å²) in [7, 11) is 2.14. The highest BCUT2D eigenvalue weighted by atomic mass is 16.5. The lowest BCUT2D eigenvalue weighted by Gasteiger charge is -2.31. The number of nitrogens with two attached hydrogens (primary N) is 1. The normalized spacial score (nSPS) is 20.6. The first-order valence-electron chi connectivity index (χ1n) is 6.30. The molecule has 1 aliphatic heterocycles. The SMILES string of the molecule is CN1CCCCC1COc1ccc(C(=N)N)cn1. The lowest BCUT2D eigenvalue weighted by atomic mass is 10.0. The van der Waals surface area contributed by atoms with Gasteiger partial charge >= 0.3 is 0 Å². The molecule has 1 aromatic heterocycles. The van der Waals surface area contributed by atoms with Crippen molar-refractivity contribution in [1.29, 1.82) is 5.41 Å². The van der Waals surface area contributed by atoms with Crippen LogP contribution in [0.1, 0.15) is 24.8 Å². The van der Waals surface area contributed by atoms with Crippen LogP contribution < -0.4 is 10.5 Å². The molecule has 2 rings (SSSR count). The van der Waals surface area contributed by atoms with Gasteiger partial charge in [-0.25, -0.2) is 4.98 Å². The van der Waals surface area contributed by atoms with Crippen LogP contribution in [-0.4, -0.2) is 42.0 Å². The maximum atomic E-state index is 7.28. The van der Waals surface area contributed by atoms with Crippen molar-refractivity contribution in [2.75, 3.05) is 20.2 Å². The lowest BCUT2D eigenvalue weighted by molar-refractivity contribution is 0.122. The molecule has 0 radical (unpaired) electrons. The molecule has 0 saturated carbocycles. The van der Waals surface area contributed by atoms with Crippen molar-refractivity contribution in [3.8, 4) is 5.88 Å². The van der Waals surface area contributed by atoms with Crippen molar-refractivity contribution in [2.24, 2.45) is 5.73 Å². The molecule has 5 nitrogen and oxygen atoms in total. The van der Waals surface area contributed by atoms with E-state index in [-0.39, 0.29) is 5.84 Å². The molecule has 0 spiro atoms. The molecule has 2 heterocycles. The zero-order valence-corrected chi connectivity index (χ0v) is 10.7. The van der Waals surface area contributed by atoms with Gasteiger partial charge in [-0.2, -0.15) is 0 Å². The number of hydrogen-bond acceptors (Lipinski definition) is 4. The Morgan fingerprint density at radius 1 is 1.56 bits per heavy atom. The van der Waals surface area contributed by atoms with Crippen LogP contribution in [0.15, 0.2) is 18.3 Å². The maximum Gasteiger partial charge on any atom is 0.213 e. The first kappa shape index (κ1) is 12.8. The molecule has 1 saturated heterocycles. The van der Waals surface area contributed by atoms with Crippen LogP contribution in [0.2, 0.25) is 0 Å². The summed E-state index contributed by atoms with van der Waals surface area (Å²) >= 11 is 0. The summed E-state index contributed by atoms with van der Waals surface area (Å²) in [6, 6.07) is 4.00. The van der Waals surface area contributed by atoms with Gasteiger partial charge in [0.1, 0.15) is 12.4 Å². The Bertz CT molecular complexity index is 404. The van der Waals surface area contributed by atoms with Gasteiger partial charge < -0.3 is 15.4 Å². The minimum absolute atomic E-state index is 0.0288. The van der Waals surface area contributed by atoms with E-state index in [1.54, 1.807) is 18.3 Å². The Hall–Kier alpha value is -1.62. The van der Waals surface area contributed by atoms with E-state index in [4.69, 9.17) is 15.9 Å². The fourth-order valence-corrected chi connectivity index (χ4v) is 2.16. The molecule has 1 unspecified atom stereocenters. The highest BCUT2D eigenvalue weighted by Crippen LogP contribution is 2.16. The Labute approximate surface area is 107 Å². The highest BCUT2D eigenvalue weighted by molar-refractivity contribution is 5.94. The lowest BCUT2D eigenvalue weighted by Crippen LogP contribution is -2.40. The molecule has 0 aliphatic carbocycles. The Kier molecular flexibility index (Phi) is 4.15. The Morgan fingerprint density at radius 2 is 2.39 bits per heavy atom. The molecule has 0 aromatic carbocycles. The molecule has 1 aliphatic rings. The fraction of sp³-hybridized carbons (Fsp3) is 0.538. The first-order valence-corrected chi connectivity index (χ1v) is 6.30. The van der Waals surface area contributed by atoms with E-state index in [2.05, 4.69) is 16.9 Å². The van der Waals surface area contributed by atoms with E-state index < -0.39 is 0 Å². The van der Waals surface area contributed by atoms with Gasteiger partial charge in [-0.1, -0.05) is 6.42 Å². The van der Waals surface area contributed by atoms with Gasteiger partial charge in [0, 0.05) is 23.9 Å². The van der Waals surface area contributed by atoms with Crippen LogP contribution in [0.3, 0.4) is 0 Å². The number of likely N-dealkylation sites (tertiary alicyclic amines) is 1. The Morgan fingerprint density at radius 3 is 3.00 bits per heavy atom. The molecule has 5 heteroatoms. The smallest absolute Gasteiger partial charge is 0.213 e. The number of nitrogens with zero attached hydrogens (tertiary/aromatic N) is 2. The monoisotopic (exact) mass is 248 g/mol. The quantitative estimate of drug-likeness (QED) is 0.620. The molecule has 3 N–H and O–H groups in total. The number of likely N-dealkylation sites (N-methyl/N-ethyl adjacent to an activating group) is 1. The van der Waals surface area contributed by atoms with Gasteiger partial charge in [0.25, 0.3) is 0 Å². The van der Waals surface area contributed by atoms with Gasteiger partial charge in [-0.15, -0.1) is 0 Å². The number of nitrogen functional groups attached to an aromatic ring is 1. The third-order valence-electron chi connectivity index (χ3n) is 3.39. The van der Waals surface area contributed by atoms with E-state index >= 15 is 0 Å². The topological polar surface area (TPSA) is 75.2 Å². The summed E-state index contributed by atoms with van der Waals surface area (Å²) in [5, 5.41) is 7.28. The van der Waals surface area contributed by atoms with Crippen molar-refractivity contribution in [1.82, 2.24) is 9.88 Å². The maximum absolute atomic E-state index is 7.28. The summed E-state index contributed by atoms with van der Waals surface area (Å²) in [5.41, 5.74) is 5.99. The molecule has 0 bridgehead atoms. The molecule has 98 valence electrons. The molecular formula is C13H20N4O. The zero-order chi connectivity index (χ0) is 13.0. The molecular weight excluding hydrogens is 228 g/mol. The van der Waals surface area contributed by atoms with Crippen LogP contribution in [0.4, 0.5) is 0 Å². The highest BCUT2D eigenvalue weighted by Gasteiger charge is 2.19. The zero-order valence-electron chi connectivity index (χ0n) is 10.7. The van der Waals surface area contributed by atoms with Gasteiger partial charge in [-0.05, 0) is 32.5 Å². The second-order valence-corrected chi connectivity index (χ2v) is 4.74. The largest absolute Gasteiger partial charge is 0.476 e. The van der Waals surface area contributed by atoms with E-state index in [0.717, 1.165) is 6.54 Å². The van der Waals surface area contributed by atoms with E-state index in [0.29, 0.717) is 24.1 Å². The molecule has 1 aromatic rings. The van der Waals surface area contributed by atoms with Crippen LogP contribution in [0.5, 0.6) is 5.88 Å². The number of nitrogens with one attached hydrogen (secondary N) is 1. The minimum atomic E-state index is 0.0288. The second kappa shape index (κ2) is 5.82. The Balaban J connectivity index is 1.87. The van der Waals surface area contributed by atoms with Crippen LogP contribution >= 0.6 is 0 Å². The van der Waals surface area contributed by atoms with Gasteiger partial charge in [0.2, 0.25) is 5.88 Å². The van der Waals surface area contributed by atoms with E-state index in [1.807, 2.05) is 0 Å². The number of hydrogen-bond donors (Lipinski definition) is 2. The summed E-state index contributed by atoms with van der Waals surface area (Å²) in [6.45, 7) is 1.81. The molecule has 1 atom stereocenters. The number of rotatable bonds is 4. The van der Waals surface area contributed by atoms with Crippen LogP contribution in [0.25, 0.3) is 0 Å². The van der Waals surface area contributed by atoms with Gasteiger partial charge in [0.15, 0.2) is 0 Å². The summed E-state index contributed by atoms with van der Waals surface area (Å²) in [6.07, 6.45) is 5.30. The number of pyridine rings is 1. The summed E-state index contributed by atoms with van der Waals surface area (Å²) < 4.78 is 5.69. The standard InChI is InChI=1S/C13H20N4O/c1-17-7-3-2-4-11(17)9-18-12-6-5-10(8-16-12)13(14)15/h5-6,8,11H,2-4,7,9H2,1H3,(H3,14,15). The van der Waals surface area contributed by atoms with Crippen molar-refractivity contribution >= 4 is 5.84 Å². The molecule has 18 heavy (non-hydrogen) atoms. The van der Waals surface area contributed by atoms with E-state index in [9.17, 15) is 0 Å². The van der Waals surface area contributed by atoms with Crippen LogP contribution in [0, 0.1) is 5.41 Å². The summed E-state index contributed by atoms with van der Waals surface area (Å²) in [5.74, 6) is 0.625. The van der Waals surface area contributed by atoms with Gasteiger partial charge in [-0.3, -0.25) is 5.41 Å². The third kappa shape index (κ3) is 3.20. The van der Waals surface area contributed by atoms with Crippen molar-refractivity contribution in [2.45, 2.75) is 25.3 Å². The van der Waals surface area contributed by atoms with E-state index in [1.165, 1.54) is 19.3 Å². The number of ether oxygens (including phenoxy) is 1. The fourth-order valence-electron chi connectivity index (χ4n) is 2.16. The average molecular weight is 248 g/mol. The van der Waals surface area contributed by atoms with Gasteiger partial charge in [0.05, 0.1) is 0 Å². The average Bonchev–Trinajstić information content (AvgIpc) is 2.38. The van der Waals surface area contributed by atoms with Crippen molar-refractivity contribution < 1.29 is 4.74 Å². The predicted molar refractivity (Wildman–Crippen MR) is 71.0 cm³/mol. The minimum Gasteiger partial charge on any atom is -0.476 e. The van der Waals surface area contributed by atoms with Crippen molar-refractivity contribution in [3.05, 3.63) is 23.9 Å². The number of amidine groups is 1. The third-order valence-corrected chi connectivity index (χ3v) is 3.39. The second-order valence-electron chi connectivity index (χ2n) is 4.74. The van der Waals surface area contributed by atoms with Crippen LogP contribution in [-0.2, 0) is 0 Å². The summed E-state index contributed by atoms with van der Waals surface area (Å²) in [4.78, 5) is 6.49. The van der Waals surface area contributed by atoms with Crippen molar-refractivity contribution in [3.63, 3.8) is 0 Å². The predicted octanol–water partition coefficient (Wildman–Crippen LogP) is 1.23. The first-order chi connectivity index (χ1) is 8.66.